The van der Waals surface area contributed by atoms with E-state index < -0.39 is 0 Å². The smallest absolute Gasteiger partial charge is 0.0795 e. The Morgan fingerprint density at radius 1 is 1.50 bits per heavy atom. The molecule has 0 saturated carbocycles. The van der Waals surface area contributed by atoms with Gasteiger partial charge in [0.2, 0.25) is 0 Å². The molecule has 2 heterocycles. The lowest BCUT2D eigenvalue weighted by Gasteiger charge is -2.22. The minimum Gasteiger partial charge on any atom is -0.381 e. The molecule has 4 heteroatoms. The molecule has 4 nitrogen and oxygen atoms in total. The largest absolute Gasteiger partial charge is 0.381 e. The molecule has 1 aliphatic rings. The molecular weight excluding hydrogens is 178 g/mol. The highest BCUT2D eigenvalue weighted by Gasteiger charge is 2.22. The SMILES string of the molecule is Cc1[nH]nc(CN)c1C1CCOCC1. The summed E-state index contributed by atoms with van der Waals surface area (Å²) in [6.07, 6.45) is 2.18. The number of aromatic amines is 1. The molecule has 2 rings (SSSR count). The van der Waals surface area contributed by atoms with Crippen LogP contribution in [0.3, 0.4) is 0 Å². The number of nitrogens with zero attached hydrogens (tertiary/aromatic N) is 1. The van der Waals surface area contributed by atoms with Crippen molar-refractivity contribution in [1.82, 2.24) is 10.2 Å². The summed E-state index contributed by atoms with van der Waals surface area (Å²) < 4.78 is 5.35. The van der Waals surface area contributed by atoms with Crippen LogP contribution in [0.15, 0.2) is 0 Å². The zero-order valence-electron chi connectivity index (χ0n) is 8.55. The monoisotopic (exact) mass is 195 g/mol. The summed E-state index contributed by atoms with van der Waals surface area (Å²) in [5.41, 5.74) is 9.17. The Balaban J connectivity index is 2.23. The van der Waals surface area contributed by atoms with Crippen molar-refractivity contribution in [2.24, 2.45) is 5.73 Å². The highest BCUT2D eigenvalue weighted by Crippen LogP contribution is 2.30. The van der Waals surface area contributed by atoms with Crippen LogP contribution in [0, 0.1) is 6.92 Å². The van der Waals surface area contributed by atoms with Crippen molar-refractivity contribution in [3.8, 4) is 0 Å². The van der Waals surface area contributed by atoms with Crippen LogP contribution in [0.5, 0.6) is 0 Å². The lowest BCUT2D eigenvalue weighted by atomic mass is 9.90. The van der Waals surface area contributed by atoms with Gasteiger partial charge in [0.15, 0.2) is 0 Å². The number of nitrogens with one attached hydrogen (secondary N) is 1. The summed E-state index contributed by atoms with van der Waals surface area (Å²) in [4.78, 5) is 0. The molecule has 0 spiro atoms. The summed E-state index contributed by atoms with van der Waals surface area (Å²) in [5.74, 6) is 0.584. The molecule has 78 valence electrons. The summed E-state index contributed by atoms with van der Waals surface area (Å²) in [6.45, 7) is 4.31. The number of ether oxygens (including phenoxy) is 1. The Hall–Kier alpha value is -0.870. The number of rotatable bonds is 2. The molecule has 0 aromatic carbocycles. The van der Waals surface area contributed by atoms with Crippen molar-refractivity contribution in [2.45, 2.75) is 32.2 Å². The first kappa shape index (κ1) is 9.68. The fourth-order valence-electron chi connectivity index (χ4n) is 2.17. The minimum atomic E-state index is 0.525. The first-order valence-corrected chi connectivity index (χ1v) is 5.14. The second kappa shape index (κ2) is 4.11. The van der Waals surface area contributed by atoms with Crippen molar-refractivity contribution in [1.29, 1.82) is 0 Å². The molecule has 14 heavy (non-hydrogen) atoms. The number of aryl methyl sites for hydroxylation is 1. The third-order valence-electron chi connectivity index (χ3n) is 2.90. The molecule has 1 aliphatic heterocycles. The molecule has 0 radical (unpaired) electrons. The Kier molecular flexibility index (Phi) is 2.84. The van der Waals surface area contributed by atoms with Gasteiger partial charge in [-0.3, -0.25) is 5.10 Å². The van der Waals surface area contributed by atoms with Crippen LogP contribution in [0.25, 0.3) is 0 Å². The minimum absolute atomic E-state index is 0.525. The van der Waals surface area contributed by atoms with E-state index in [-0.39, 0.29) is 0 Å². The van der Waals surface area contributed by atoms with Crippen LogP contribution in [-0.4, -0.2) is 23.4 Å². The quantitative estimate of drug-likeness (QED) is 0.742. The van der Waals surface area contributed by atoms with E-state index in [1.54, 1.807) is 0 Å². The maximum absolute atomic E-state index is 5.66. The number of H-pyrrole nitrogens is 1. The van der Waals surface area contributed by atoms with Crippen molar-refractivity contribution in [3.63, 3.8) is 0 Å². The molecule has 1 aromatic rings. The van der Waals surface area contributed by atoms with Gasteiger partial charge in [0.25, 0.3) is 0 Å². The average Bonchev–Trinajstić information content (AvgIpc) is 2.61. The summed E-state index contributed by atoms with van der Waals surface area (Å²) >= 11 is 0. The number of nitrogens with two attached hydrogens (primary N) is 1. The molecule has 1 fully saturated rings. The molecule has 1 aromatic heterocycles. The Labute approximate surface area is 83.8 Å². The molecule has 0 unspecified atom stereocenters. The standard InChI is InChI=1S/C10H17N3O/c1-7-10(9(6-11)13-12-7)8-2-4-14-5-3-8/h8H,2-6,11H2,1H3,(H,12,13). The fourth-order valence-corrected chi connectivity index (χ4v) is 2.17. The topological polar surface area (TPSA) is 63.9 Å². The van der Waals surface area contributed by atoms with Crippen molar-refractivity contribution in [2.75, 3.05) is 13.2 Å². The highest BCUT2D eigenvalue weighted by molar-refractivity contribution is 5.28. The van der Waals surface area contributed by atoms with Crippen LogP contribution in [0.4, 0.5) is 0 Å². The predicted molar refractivity (Wildman–Crippen MR) is 54.0 cm³/mol. The van der Waals surface area contributed by atoms with E-state index in [1.165, 1.54) is 5.56 Å². The molecule has 0 atom stereocenters. The maximum atomic E-state index is 5.66. The molecule has 0 bridgehead atoms. The molecule has 0 amide bonds. The van der Waals surface area contributed by atoms with E-state index in [2.05, 4.69) is 17.1 Å². The maximum Gasteiger partial charge on any atom is 0.0795 e. The number of aromatic nitrogens is 2. The number of hydrogen-bond donors (Lipinski definition) is 2. The van der Waals surface area contributed by atoms with E-state index in [9.17, 15) is 0 Å². The summed E-state index contributed by atoms with van der Waals surface area (Å²) in [6, 6.07) is 0. The number of hydrogen-bond acceptors (Lipinski definition) is 3. The Morgan fingerprint density at radius 3 is 2.86 bits per heavy atom. The van der Waals surface area contributed by atoms with Crippen LogP contribution in [0.2, 0.25) is 0 Å². The molecular formula is C10H17N3O. The first-order chi connectivity index (χ1) is 6.83. The normalized spacial score (nSPS) is 18.7. The third-order valence-corrected chi connectivity index (χ3v) is 2.90. The summed E-state index contributed by atoms with van der Waals surface area (Å²) in [5, 5.41) is 7.23. The summed E-state index contributed by atoms with van der Waals surface area (Å²) in [7, 11) is 0. The first-order valence-electron chi connectivity index (χ1n) is 5.14. The van der Waals surface area contributed by atoms with Crippen molar-refractivity contribution < 1.29 is 4.74 Å². The predicted octanol–water partition coefficient (Wildman–Crippen LogP) is 1.07. The van der Waals surface area contributed by atoms with Gasteiger partial charge in [-0.05, 0) is 25.7 Å². The van der Waals surface area contributed by atoms with E-state index >= 15 is 0 Å². The molecule has 0 aliphatic carbocycles. The third kappa shape index (κ3) is 1.67. The molecule has 3 N–H and O–H groups in total. The van der Waals surface area contributed by atoms with Crippen LogP contribution < -0.4 is 5.73 Å². The van der Waals surface area contributed by atoms with Crippen molar-refractivity contribution in [3.05, 3.63) is 17.0 Å². The van der Waals surface area contributed by atoms with Crippen LogP contribution >= 0.6 is 0 Å². The Morgan fingerprint density at radius 2 is 2.21 bits per heavy atom. The average molecular weight is 195 g/mol. The lowest BCUT2D eigenvalue weighted by Crippen LogP contribution is -2.16. The zero-order valence-corrected chi connectivity index (χ0v) is 8.55. The highest BCUT2D eigenvalue weighted by atomic mass is 16.5. The van der Waals surface area contributed by atoms with E-state index in [1.807, 2.05) is 0 Å². The second-order valence-corrected chi connectivity index (χ2v) is 3.80. The van der Waals surface area contributed by atoms with E-state index in [0.29, 0.717) is 12.5 Å². The van der Waals surface area contributed by atoms with Gasteiger partial charge in [-0.2, -0.15) is 5.10 Å². The second-order valence-electron chi connectivity index (χ2n) is 3.80. The Bertz CT molecular complexity index is 302. The van der Waals surface area contributed by atoms with Gasteiger partial charge >= 0.3 is 0 Å². The van der Waals surface area contributed by atoms with Gasteiger partial charge in [-0.15, -0.1) is 0 Å². The zero-order chi connectivity index (χ0) is 9.97. The van der Waals surface area contributed by atoms with E-state index in [4.69, 9.17) is 10.5 Å². The van der Waals surface area contributed by atoms with Crippen LogP contribution in [-0.2, 0) is 11.3 Å². The van der Waals surface area contributed by atoms with Gasteiger partial charge in [-0.1, -0.05) is 0 Å². The van der Waals surface area contributed by atoms with Crippen LogP contribution in [0.1, 0.15) is 35.7 Å². The van der Waals surface area contributed by atoms with Gasteiger partial charge < -0.3 is 10.5 Å². The molecule has 1 saturated heterocycles. The van der Waals surface area contributed by atoms with Crippen molar-refractivity contribution >= 4 is 0 Å². The van der Waals surface area contributed by atoms with Gasteiger partial charge in [-0.25, -0.2) is 0 Å². The lowest BCUT2D eigenvalue weighted by molar-refractivity contribution is 0.0850. The van der Waals surface area contributed by atoms with Gasteiger partial charge in [0.1, 0.15) is 0 Å². The van der Waals surface area contributed by atoms with Gasteiger partial charge in [0, 0.05) is 31.0 Å². The van der Waals surface area contributed by atoms with Gasteiger partial charge in [0.05, 0.1) is 5.69 Å². The fraction of sp³-hybridized carbons (Fsp3) is 0.700. The van der Waals surface area contributed by atoms with E-state index in [0.717, 1.165) is 37.4 Å².